The van der Waals surface area contributed by atoms with Crippen LogP contribution >= 0.6 is 11.8 Å². The van der Waals surface area contributed by atoms with E-state index < -0.39 is 0 Å². The van der Waals surface area contributed by atoms with Crippen LogP contribution in [0.3, 0.4) is 0 Å². The van der Waals surface area contributed by atoms with Crippen LogP contribution in [0.1, 0.15) is 0 Å². The first-order chi connectivity index (χ1) is 13.5. The van der Waals surface area contributed by atoms with Gasteiger partial charge >= 0.3 is 0 Å². The molecule has 0 aliphatic carbocycles. The molecule has 0 unspecified atom stereocenters. The average Bonchev–Trinajstić information content (AvgIpc) is 3.10. The second kappa shape index (κ2) is 8.76. The van der Waals surface area contributed by atoms with Crippen LogP contribution in [0.4, 0.5) is 5.69 Å². The number of ether oxygens (including phenoxy) is 2. The van der Waals surface area contributed by atoms with Gasteiger partial charge in [-0.15, -0.1) is 0 Å². The Bertz CT molecular complexity index is 1050. The monoisotopic (exact) mass is 405 g/mol. The minimum Gasteiger partial charge on any atom is -0.493 e. The SMILES string of the molecule is COc1ccc(NC(=O)CSc2nc3c(cnn3CCO)c(=O)[nH]2)cc1OC. The van der Waals surface area contributed by atoms with Gasteiger partial charge in [0, 0.05) is 11.8 Å². The lowest BCUT2D eigenvalue weighted by Gasteiger charge is -2.10. The van der Waals surface area contributed by atoms with Crippen LogP contribution in [-0.2, 0) is 11.3 Å². The second-order valence-corrected chi connectivity index (χ2v) is 6.57. The van der Waals surface area contributed by atoms with Crippen molar-refractivity contribution in [3.63, 3.8) is 0 Å². The number of aliphatic hydroxyl groups excluding tert-OH is 1. The number of aromatic amines is 1. The molecule has 0 aliphatic heterocycles. The number of fused-ring (bicyclic) bond motifs is 1. The molecule has 0 atom stereocenters. The average molecular weight is 405 g/mol. The predicted octanol–water partition coefficient (Wildman–Crippen LogP) is 0.860. The molecule has 2 heterocycles. The molecular formula is C17H19N5O5S. The number of rotatable bonds is 8. The van der Waals surface area contributed by atoms with Crippen molar-refractivity contribution < 1.29 is 19.4 Å². The lowest BCUT2D eigenvalue weighted by atomic mass is 10.2. The number of carbonyl (C=O) groups excluding carboxylic acids is 1. The molecule has 28 heavy (non-hydrogen) atoms. The number of nitrogens with one attached hydrogen (secondary N) is 2. The molecule has 0 saturated carbocycles. The first-order valence-electron chi connectivity index (χ1n) is 8.27. The van der Waals surface area contributed by atoms with Gasteiger partial charge in [-0.2, -0.15) is 5.10 Å². The maximum atomic E-state index is 12.2. The number of H-pyrrole nitrogens is 1. The molecule has 2 aromatic heterocycles. The fourth-order valence-electron chi connectivity index (χ4n) is 2.52. The molecule has 1 amide bonds. The van der Waals surface area contributed by atoms with E-state index in [9.17, 15) is 9.59 Å². The van der Waals surface area contributed by atoms with Crippen molar-refractivity contribution in [3.05, 3.63) is 34.7 Å². The van der Waals surface area contributed by atoms with E-state index >= 15 is 0 Å². The summed E-state index contributed by atoms with van der Waals surface area (Å²) in [5.41, 5.74) is 0.568. The number of nitrogens with zero attached hydrogens (tertiary/aromatic N) is 3. The molecule has 0 bridgehead atoms. The third kappa shape index (κ3) is 4.26. The van der Waals surface area contributed by atoms with Gasteiger partial charge in [-0.1, -0.05) is 11.8 Å². The molecule has 0 aliphatic rings. The zero-order chi connectivity index (χ0) is 20.1. The smallest absolute Gasteiger partial charge is 0.262 e. The van der Waals surface area contributed by atoms with Crippen molar-refractivity contribution >= 4 is 34.4 Å². The van der Waals surface area contributed by atoms with E-state index in [1.807, 2.05) is 0 Å². The quantitative estimate of drug-likeness (QED) is 0.371. The molecule has 3 N–H and O–H groups in total. The summed E-state index contributed by atoms with van der Waals surface area (Å²) in [7, 11) is 3.04. The highest BCUT2D eigenvalue weighted by molar-refractivity contribution is 7.99. The van der Waals surface area contributed by atoms with Gasteiger partial charge in [-0.25, -0.2) is 9.67 Å². The Hall–Kier alpha value is -3.05. The van der Waals surface area contributed by atoms with E-state index in [1.165, 1.54) is 25.1 Å². The standard InChI is InChI=1S/C17H19N5O5S/c1-26-12-4-3-10(7-13(12)27-2)19-14(24)9-28-17-20-15-11(16(25)21-17)8-18-22(15)5-6-23/h3-4,7-8,23H,5-6,9H2,1-2H3,(H,19,24)(H,20,21,25). The van der Waals surface area contributed by atoms with Crippen LogP contribution in [0.2, 0.25) is 0 Å². The largest absolute Gasteiger partial charge is 0.493 e. The summed E-state index contributed by atoms with van der Waals surface area (Å²) in [4.78, 5) is 31.3. The first kappa shape index (κ1) is 19.7. The molecule has 1 aromatic carbocycles. The predicted molar refractivity (Wildman–Crippen MR) is 104 cm³/mol. The summed E-state index contributed by atoms with van der Waals surface area (Å²) in [6.45, 7) is 0.102. The number of thioether (sulfide) groups is 1. The van der Waals surface area contributed by atoms with Crippen molar-refractivity contribution in [2.45, 2.75) is 11.7 Å². The Balaban J connectivity index is 1.69. The number of methoxy groups -OCH3 is 2. The van der Waals surface area contributed by atoms with Crippen molar-refractivity contribution in [2.24, 2.45) is 0 Å². The van der Waals surface area contributed by atoms with Crippen LogP contribution in [0.5, 0.6) is 11.5 Å². The normalized spacial score (nSPS) is 10.8. The number of hydrogen-bond acceptors (Lipinski definition) is 8. The van der Waals surface area contributed by atoms with Crippen molar-refractivity contribution in [3.8, 4) is 11.5 Å². The van der Waals surface area contributed by atoms with Gasteiger partial charge in [0.15, 0.2) is 22.3 Å². The van der Waals surface area contributed by atoms with Gasteiger partial charge in [0.05, 0.1) is 39.3 Å². The van der Waals surface area contributed by atoms with Crippen LogP contribution in [0, 0.1) is 0 Å². The van der Waals surface area contributed by atoms with Gasteiger partial charge in [0.2, 0.25) is 5.91 Å². The lowest BCUT2D eigenvalue weighted by Crippen LogP contribution is -2.16. The van der Waals surface area contributed by atoms with Crippen LogP contribution < -0.4 is 20.3 Å². The van der Waals surface area contributed by atoms with E-state index in [2.05, 4.69) is 20.4 Å². The zero-order valence-electron chi connectivity index (χ0n) is 15.3. The second-order valence-electron chi connectivity index (χ2n) is 5.61. The fourth-order valence-corrected chi connectivity index (χ4v) is 3.17. The number of aliphatic hydroxyl groups is 1. The Morgan fingerprint density at radius 2 is 2.11 bits per heavy atom. The molecule has 3 aromatic rings. The van der Waals surface area contributed by atoms with Gasteiger partial charge in [0.1, 0.15) is 5.39 Å². The van der Waals surface area contributed by atoms with Gasteiger partial charge in [0.25, 0.3) is 5.56 Å². The third-order valence-electron chi connectivity index (χ3n) is 3.80. The maximum absolute atomic E-state index is 12.2. The Morgan fingerprint density at radius 1 is 1.32 bits per heavy atom. The molecule has 148 valence electrons. The highest BCUT2D eigenvalue weighted by atomic mass is 32.2. The van der Waals surface area contributed by atoms with Crippen LogP contribution in [-0.4, -0.2) is 57.3 Å². The summed E-state index contributed by atoms with van der Waals surface area (Å²) in [6.07, 6.45) is 1.40. The Kier molecular flexibility index (Phi) is 6.16. The number of benzene rings is 1. The highest BCUT2D eigenvalue weighted by Gasteiger charge is 2.12. The first-order valence-corrected chi connectivity index (χ1v) is 9.25. The number of anilines is 1. The van der Waals surface area contributed by atoms with Gasteiger partial charge in [-0.05, 0) is 12.1 Å². The number of aromatic nitrogens is 4. The van der Waals surface area contributed by atoms with Crippen LogP contribution in [0.25, 0.3) is 11.0 Å². The van der Waals surface area contributed by atoms with E-state index in [-0.39, 0.29) is 30.4 Å². The summed E-state index contributed by atoms with van der Waals surface area (Å²) in [5, 5.41) is 16.5. The highest BCUT2D eigenvalue weighted by Crippen LogP contribution is 2.29. The number of carbonyl (C=O) groups is 1. The van der Waals surface area contributed by atoms with Gasteiger partial charge < -0.3 is 24.9 Å². The molecule has 10 nitrogen and oxygen atoms in total. The molecule has 0 fully saturated rings. The third-order valence-corrected chi connectivity index (χ3v) is 4.68. The molecule has 3 rings (SSSR count). The van der Waals surface area contributed by atoms with E-state index in [4.69, 9.17) is 14.6 Å². The number of amides is 1. The summed E-state index contributed by atoms with van der Waals surface area (Å²) >= 11 is 1.09. The zero-order valence-corrected chi connectivity index (χ0v) is 16.1. The van der Waals surface area contributed by atoms with E-state index in [1.54, 1.807) is 18.2 Å². The topological polar surface area (TPSA) is 131 Å². The molecule has 0 spiro atoms. The molecular weight excluding hydrogens is 386 g/mol. The minimum absolute atomic E-state index is 0.0386. The summed E-state index contributed by atoms with van der Waals surface area (Å²) < 4.78 is 11.8. The molecule has 0 radical (unpaired) electrons. The van der Waals surface area contributed by atoms with Crippen molar-refractivity contribution in [1.29, 1.82) is 0 Å². The van der Waals surface area contributed by atoms with Gasteiger partial charge in [-0.3, -0.25) is 9.59 Å². The minimum atomic E-state index is -0.350. The number of hydrogen-bond donors (Lipinski definition) is 3. The van der Waals surface area contributed by atoms with E-state index in [0.717, 1.165) is 11.8 Å². The molecule has 0 saturated heterocycles. The summed E-state index contributed by atoms with van der Waals surface area (Å²) in [6, 6.07) is 5.04. The maximum Gasteiger partial charge on any atom is 0.262 e. The van der Waals surface area contributed by atoms with Crippen molar-refractivity contribution in [2.75, 3.05) is 31.9 Å². The summed E-state index contributed by atoms with van der Waals surface area (Å²) in [5.74, 6) is 0.825. The van der Waals surface area contributed by atoms with Crippen LogP contribution in [0.15, 0.2) is 34.3 Å². The lowest BCUT2D eigenvalue weighted by molar-refractivity contribution is -0.113. The van der Waals surface area contributed by atoms with E-state index in [0.29, 0.717) is 33.4 Å². The molecule has 11 heteroatoms. The Morgan fingerprint density at radius 3 is 2.82 bits per heavy atom. The Labute approximate surface area is 163 Å². The fraction of sp³-hybridized carbons (Fsp3) is 0.294. The van der Waals surface area contributed by atoms with Crippen molar-refractivity contribution in [1.82, 2.24) is 19.7 Å².